The van der Waals surface area contributed by atoms with Gasteiger partial charge in [-0.2, -0.15) is 26.3 Å². The van der Waals surface area contributed by atoms with Gasteiger partial charge in [0.2, 0.25) is 0 Å². The van der Waals surface area contributed by atoms with Crippen molar-refractivity contribution in [1.29, 1.82) is 0 Å². The summed E-state index contributed by atoms with van der Waals surface area (Å²) in [4.78, 5) is 3.63. The molecule has 0 aliphatic heterocycles. The van der Waals surface area contributed by atoms with E-state index in [1.54, 1.807) is 0 Å². The van der Waals surface area contributed by atoms with Crippen molar-refractivity contribution in [1.82, 2.24) is 4.98 Å². The molecule has 0 bridgehead atoms. The van der Waals surface area contributed by atoms with Crippen LogP contribution in [0.1, 0.15) is 11.1 Å². The summed E-state index contributed by atoms with van der Waals surface area (Å²) in [5.41, 5.74) is -2.82. The minimum atomic E-state index is -4.73. The number of hydrogen-bond donors (Lipinski definition) is 0. The molecule has 0 aliphatic carbocycles. The van der Waals surface area contributed by atoms with E-state index in [2.05, 4.69) is 4.98 Å². The summed E-state index contributed by atoms with van der Waals surface area (Å²) >= 11 is 0.847. The molecular formula is C11H5F6NS. The molecule has 0 fully saturated rings. The predicted octanol–water partition coefficient (Wildman–Crippen LogP) is 4.85. The molecule has 0 N–H and O–H groups in total. The molecular weight excluding hydrogens is 292 g/mol. The number of rotatable bonds is 1. The topological polar surface area (TPSA) is 12.9 Å². The van der Waals surface area contributed by atoms with Crippen LogP contribution in [0.3, 0.4) is 0 Å². The number of aromatic nitrogens is 1. The lowest BCUT2D eigenvalue weighted by Gasteiger charge is -2.14. The molecule has 1 nitrogen and oxygen atoms in total. The van der Waals surface area contributed by atoms with Gasteiger partial charge in [-0.25, -0.2) is 4.98 Å². The highest BCUT2D eigenvalue weighted by molar-refractivity contribution is 7.13. The molecule has 0 aliphatic rings. The van der Waals surface area contributed by atoms with Gasteiger partial charge in [-0.3, -0.25) is 0 Å². The molecule has 0 radical (unpaired) electrons. The highest BCUT2D eigenvalue weighted by Crippen LogP contribution is 2.41. The lowest BCUT2D eigenvalue weighted by molar-refractivity contribution is -0.141. The second-order valence-electron chi connectivity index (χ2n) is 3.59. The summed E-state index contributed by atoms with van der Waals surface area (Å²) in [5, 5.41) is 1.30. The van der Waals surface area contributed by atoms with E-state index >= 15 is 0 Å². The summed E-state index contributed by atoms with van der Waals surface area (Å²) in [6, 6.07) is 1.32. The van der Waals surface area contributed by atoms with Gasteiger partial charge in [0, 0.05) is 17.1 Å². The van der Waals surface area contributed by atoms with E-state index in [4.69, 9.17) is 0 Å². The predicted molar refractivity (Wildman–Crippen MR) is 57.6 cm³/mol. The van der Waals surface area contributed by atoms with E-state index < -0.39 is 29.0 Å². The van der Waals surface area contributed by atoms with Gasteiger partial charge in [-0.15, -0.1) is 11.3 Å². The molecule has 0 amide bonds. The Morgan fingerprint density at radius 1 is 0.947 bits per heavy atom. The first-order valence-corrected chi connectivity index (χ1v) is 5.76. The van der Waals surface area contributed by atoms with Gasteiger partial charge >= 0.3 is 12.4 Å². The normalized spacial score (nSPS) is 12.7. The van der Waals surface area contributed by atoms with Crippen LogP contribution in [0.5, 0.6) is 0 Å². The molecule has 0 saturated heterocycles. The van der Waals surface area contributed by atoms with Crippen LogP contribution in [0.25, 0.3) is 10.6 Å². The highest BCUT2D eigenvalue weighted by atomic mass is 32.1. The zero-order valence-corrected chi connectivity index (χ0v) is 9.83. The van der Waals surface area contributed by atoms with Crippen molar-refractivity contribution < 1.29 is 26.3 Å². The van der Waals surface area contributed by atoms with Crippen LogP contribution in [-0.2, 0) is 12.4 Å². The molecule has 0 atom stereocenters. The number of halogens is 6. The third-order valence-corrected chi connectivity index (χ3v) is 3.12. The number of alkyl halides is 6. The number of benzene rings is 1. The average Bonchev–Trinajstić information content (AvgIpc) is 2.79. The molecule has 1 heterocycles. The van der Waals surface area contributed by atoms with Crippen LogP contribution in [0.15, 0.2) is 29.8 Å². The molecule has 0 spiro atoms. The third-order valence-electron chi connectivity index (χ3n) is 2.32. The Labute approximate surface area is 107 Å². The van der Waals surface area contributed by atoms with Crippen LogP contribution >= 0.6 is 11.3 Å². The maximum Gasteiger partial charge on any atom is 0.417 e. The lowest BCUT2D eigenvalue weighted by Crippen LogP contribution is -2.10. The summed E-state index contributed by atoms with van der Waals surface area (Å²) in [6.07, 6.45) is -8.19. The van der Waals surface area contributed by atoms with Gasteiger partial charge in [-0.05, 0) is 18.2 Å². The Hall–Kier alpha value is -1.57. The average molecular weight is 297 g/mol. The molecule has 2 aromatic rings. The highest BCUT2D eigenvalue weighted by Gasteiger charge is 2.37. The minimum absolute atomic E-state index is 0.0987. The quantitative estimate of drug-likeness (QED) is 0.686. The second-order valence-corrected chi connectivity index (χ2v) is 4.49. The van der Waals surface area contributed by atoms with Crippen molar-refractivity contribution in [3.05, 3.63) is 40.9 Å². The van der Waals surface area contributed by atoms with E-state index in [1.165, 1.54) is 11.6 Å². The molecule has 0 unspecified atom stereocenters. The fourth-order valence-corrected chi connectivity index (χ4v) is 2.17. The largest absolute Gasteiger partial charge is 0.417 e. The number of thiazole rings is 1. The van der Waals surface area contributed by atoms with Gasteiger partial charge in [0.25, 0.3) is 0 Å². The van der Waals surface area contributed by atoms with E-state index in [0.29, 0.717) is 18.2 Å². The second kappa shape index (κ2) is 4.52. The molecule has 2 rings (SSSR count). The van der Waals surface area contributed by atoms with Crippen LogP contribution in [0, 0.1) is 0 Å². The first-order chi connectivity index (χ1) is 8.69. The zero-order valence-electron chi connectivity index (χ0n) is 9.01. The number of hydrogen-bond acceptors (Lipinski definition) is 2. The Kier molecular flexibility index (Phi) is 3.29. The maximum atomic E-state index is 12.8. The molecule has 1 aromatic carbocycles. The van der Waals surface area contributed by atoms with E-state index in [-0.39, 0.29) is 5.01 Å². The van der Waals surface area contributed by atoms with Crippen LogP contribution in [0.4, 0.5) is 26.3 Å². The molecule has 1 aromatic heterocycles. The van der Waals surface area contributed by atoms with Crippen molar-refractivity contribution >= 4 is 11.3 Å². The van der Waals surface area contributed by atoms with Crippen molar-refractivity contribution in [2.75, 3.05) is 0 Å². The minimum Gasteiger partial charge on any atom is -0.245 e. The summed E-state index contributed by atoms with van der Waals surface area (Å²) < 4.78 is 75.9. The van der Waals surface area contributed by atoms with Gasteiger partial charge in [0.1, 0.15) is 5.01 Å². The van der Waals surface area contributed by atoms with Crippen molar-refractivity contribution in [2.45, 2.75) is 12.4 Å². The Morgan fingerprint density at radius 2 is 1.63 bits per heavy atom. The van der Waals surface area contributed by atoms with Crippen LogP contribution in [0.2, 0.25) is 0 Å². The molecule has 0 saturated carbocycles. The summed E-state index contributed by atoms with van der Waals surface area (Å²) in [7, 11) is 0. The van der Waals surface area contributed by atoms with Gasteiger partial charge in [0.15, 0.2) is 0 Å². The van der Waals surface area contributed by atoms with Gasteiger partial charge < -0.3 is 0 Å². The van der Waals surface area contributed by atoms with Crippen molar-refractivity contribution in [3.8, 4) is 10.6 Å². The van der Waals surface area contributed by atoms with Crippen LogP contribution < -0.4 is 0 Å². The third kappa shape index (κ3) is 2.89. The fraction of sp³-hybridized carbons (Fsp3) is 0.182. The Bertz CT molecular complexity index is 570. The lowest BCUT2D eigenvalue weighted by atomic mass is 10.0. The molecule has 19 heavy (non-hydrogen) atoms. The van der Waals surface area contributed by atoms with Gasteiger partial charge in [0.05, 0.1) is 11.1 Å². The van der Waals surface area contributed by atoms with E-state index in [9.17, 15) is 26.3 Å². The van der Waals surface area contributed by atoms with E-state index in [1.807, 2.05) is 0 Å². The standard InChI is InChI=1S/C11H5F6NS/c12-10(13,14)6-1-2-8(11(15,16)17)7(5-6)9-18-3-4-19-9/h1-5H. The smallest absolute Gasteiger partial charge is 0.245 e. The van der Waals surface area contributed by atoms with Crippen LogP contribution in [-0.4, -0.2) is 4.98 Å². The Morgan fingerprint density at radius 3 is 2.11 bits per heavy atom. The fourth-order valence-electron chi connectivity index (χ4n) is 1.50. The maximum absolute atomic E-state index is 12.8. The van der Waals surface area contributed by atoms with Crippen molar-refractivity contribution in [2.24, 2.45) is 0 Å². The Balaban J connectivity index is 2.65. The van der Waals surface area contributed by atoms with E-state index in [0.717, 1.165) is 11.3 Å². The number of nitrogens with zero attached hydrogens (tertiary/aromatic N) is 1. The summed E-state index contributed by atoms with van der Waals surface area (Å²) in [5.74, 6) is 0. The molecule has 8 heteroatoms. The van der Waals surface area contributed by atoms with Crippen molar-refractivity contribution in [3.63, 3.8) is 0 Å². The SMILES string of the molecule is FC(F)(F)c1ccc(C(F)(F)F)c(-c2nccs2)c1. The monoisotopic (exact) mass is 297 g/mol. The molecule has 102 valence electrons. The summed E-state index contributed by atoms with van der Waals surface area (Å²) in [6.45, 7) is 0. The van der Waals surface area contributed by atoms with Gasteiger partial charge in [-0.1, -0.05) is 0 Å². The first kappa shape index (κ1) is 13.9. The first-order valence-electron chi connectivity index (χ1n) is 4.88. The zero-order chi connectivity index (χ0) is 14.3.